The molecule has 1 unspecified atom stereocenters. The third-order valence-corrected chi connectivity index (χ3v) is 8.36. The summed E-state index contributed by atoms with van der Waals surface area (Å²) in [6.45, 7) is 4.65. The quantitative estimate of drug-likeness (QED) is 0.429. The summed E-state index contributed by atoms with van der Waals surface area (Å²) in [5.74, 6) is -0.351. The minimum atomic E-state index is -1.00. The molecule has 222 valence electrons. The van der Waals surface area contributed by atoms with E-state index in [-0.39, 0.29) is 49.9 Å². The molecule has 0 aromatic heterocycles. The lowest BCUT2D eigenvalue weighted by atomic mass is 9.99. The Bertz CT molecular complexity index is 1580. The number of piperazine rings is 1. The monoisotopic (exact) mass is 581 g/mol. The van der Waals surface area contributed by atoms with Gasteiger partial charge in [0, 0.05) is 25.6 Å². The van der Waals surface area contributed by atoms with Crippen molar-refractivity contribution in [1.29, 1.82) is 0 Å². The second kappa shape index (κ2) is 12.0. The van der Waals surface area contributed by atoms with E-state index in [0.29, 0.717) is 6.54 Å². The van der Waals surface area contributed by atoms with Gasteiger partial charge in [-0.3, -0.25) is 14.6 Å². The zero-order valence-corrected chi connectivity index (χ0v) is 24.4. The van der Waals surface area contributed by atoms with Gasteiger partial charge in [-0.15, -0.1) is 0 Å². The predicted molar refractivity (Wildman–Crippen MR) is 163 cm³/mol. The molecule has 1 aliphatic carbocycles. The van der Waals surface area contributed by atoms with Gasteiger partial charge in [0.05, 0.1) is 13.1 Å². The van der Waals surface area contributed by atoms with E-state index >= 15 is 0 Å². The Labute approximate surface area is 251 Å². The number of carbonyl (C=O) groups excluding carboxylic acids is 3. The number of amides is 4. The zero-order valence-electron chi connectivity index (χ0n) is 24.4. The second-order valence-corrected chi connectivity index (χ2v) is 11.5. The van der Waals surface area contributed by atoms with Crippen LogP contribution in [-0.2, 0) is 16.1 Å². The van der Waals surface area contributed by atoms with Gasteiger partial charge in [0.25, 0.3) is 5.91 Å². The van der Waals surface area contributed by atoms with Gasteiger partial charge >= 0.3 is 6.03 Å². The molecule has 3 atom stereocenters. The zero-order chi connectivity index (χ0) is 30.1. The first-order valence-electron chi connectivity index (χ1n) is 14.8. The summed E-state index contributed by atoms with van der Waals surface area (Å²) in [7, 11) is 0. The number of halogens is 1. The van der Waals surface area contributed by atoms with Gasteiger partial charge in [0.15, 0.2) is 0 Å². The van der Waals surface area contributed by atoms with Crippen LogP contribution in [-0.4, -0.2) is 75.7 Å². The number of allylic oxidation sites excluding steroid dienone is 2. The number of hydrogen-bond donors (Lipinski definition) is 1. The van der Waals surface area contributed by atoms with Crippen molar-refractivity contribution in [3.8, 4) is 0 Å². The third kappa shape index (κ3) is 5.64. The largest absolute Gasteiger partial charge is 0.333 e. The molecular weight excluding hydrogens is 545 g/mol. The van der Waals surface area contributed by atoms with Gasteiger partial charge in [0.1, 0.15) is 18.4 Å². The van der Waals surface area contributed by atoms with E-state index in [0.717, 1.165) is 27.5 Å². The van der Waals surface area contributed by atoms with Crippen LogP contribution in [0.15, 0.2) is 96.6 Å². The molecule has 2 heterocycles. The van der Waals surface area contributed by atoms with E-state index in [4.69, 9.17) is 0 Å². The Kier molecular flexibility index (Phi) is 7.99. The Balaban J connectivity index is 1.32. The number of hydrazine groups is 1. The summed E-state index contributed by atoms with van der Waals surface area (Å²) in [5, 5.41) is 8.50. The van der Waals surface area contributed by atoms with E-state index in [1.807, 2.05) is 73.3 Å². The number of hydrogen-bond acceptors (Lipinski definition) is 4. The second-order valence-electron chi connectivity index (χ2n) is 11.5. The fourth-order valence-corrected chi connectivity index (χ4v) is 6.33. The molecule has 3 aromatic carbocycles. The van der Waals surface area contributed by atoms with Crippen molar-refractivity contribution in [2.75, 3.05) is 19.6 Å². The first-order chi connectivity index (χ1) is 20.8. The number of nitrogens with one attached hydrogen (secondary N) is 1. The lowest BCUT2D eigenvalue weighted by molar-refractivity contribution is -0.159. The van der Waals surface area contributed by atoms with Crippen molar-refractivity contribution in [3.05, 3.63) is 108 Å². The number of fused-ring (bicyclic) bond motifs is 2. The van der Waals surface area contributed by atoms with Crippen LogP contribution in [0.2, 0.25) is 0 Å². The average Bonchev–Trinajstić information content (AvgIpc) is 3.32. The van der Waals surface area contributed by atoms with E-state index in [2.05, 4.69) is 23.5 Å². The summed E-state index contributed by atoms with van der Waals surface area (Å²) in [4.78, 5) is 44.9. The molecule has 1 N–H and O–H groups in total. The molecule has 8 nitrogen and oxygen atoms in total. The number of urea groups is 1. The Morgan fingerprint density at radius 3 is 2.51 bits per heavy atom. The maximum atomic E-state index is 14.2. The Hall–Kier alpha value is -4.50. The highest BCUT2D eigenvalue weighted by Gasteiger charge is 2.53. The average molecular weight is 582 g/mol. The van der Waals surface area contributed by atoms with E-state index in [1.165, 1.54) is 6.08 Å². The Morgan fingerprint density at radius 2 is 1.77 bits per heavy atom. The van der Waals surface area contributed by atoms with Crippen LogP contribution < -0.4 is 5.32 Å². The SMILES string of the molecule is CC(C)N(C(=O)NCC1=CCC(F)C=C1)N1CC(=O)N2[C@@H](c3ccccc3)C(=O)N(Cc3cccc4ccccc34)C[C@@H]21. The van der Waals surface area contributed by atoms with Gasteiger partial charge in [-0.25, -0.2) is 9.18 Å². The molecule has 2 saturated heterocycles. The number of carbonyl (C=O) groups is 3. The lowest BCUT2D eigenvalue weighted by Crippen LogP contribution is -2.64. The van der Waals surface area contributed by atoms with E-state index in [1.54, 1.807) is 27.1 Å². The lowest BCUT2D eigenvalue weighted by Gasteiger charge is -2.47. The molecule has 0 radical (unpaired) electrons. The highest BCUT2D eigenvalue weighted by molar-refractivity contribution is 5.93. The van der Waals surface area contributed by atoms with Gasteiger partial charge in [-0.1, -0.05) is 91.0 Å². The standard InChI is InChI=1S/C34H36FN5O3/c1-23(2)40(34(43)36-19-24-15-17-28(35)18-16-24)38-22-31(41)39-30(38)21-37(33(42)32(39)26-10-4-3-5-11-26)20-27-13-8-12-25-9-6-7-14-29(25)27/h3-17,23,28,30,32H,18-22H2,1-2H3,(H,36,43)/t28?,30-,32+/m1/s1. The van der Waals surface area contributed by atoms with Gasteiger partial charge in [0.2, 0.25) is 5.91 Å². The van der Waals surface area contributed by atoms with Crippen LogP contribution in [0.5, 0.6) is 0 Å². The van der Waals surface area contributed by atoms with Crippen LogP contribution in [0, 0.1) is 0 Å². The van der Waals surface area contributed by atoms with Crippen molar-refractivity contribution in [3.63, 3.8) is 0 Å². The van der Waals surface area contributed by atoms with Crippen molar-refractivity contribution < 1.29 is 18.8 Å². The van der Waals surface area contributed by atoms with Crippen molar-refractivity contribution in [2.45, 2.75) is 51.2 Å². The molecule has 0 spiro atoms. The van der Waals surface area contributed by atoms with Crippen LogP contribution >= 0.6 is 0 Å². The van der Waals surface area contributed by atoms with Crippen molar-refractivity contribution >= 4 is 28.6 Å². The Morgan fingerprint density at radius 1 is 1.02 bits per heavy atom. The predicted octanol–water partition coefficient (Wildman–Crippen LogP) is 4.95. The van der Waals surface area contributed by atoms with Crippen LogP contribution in [0.1, 0.15) is 37.4 Å². The fourth-order valence-electron chi connectivity index (χ4n) is 6.33. The first-order valence-corrected chi connectivity index (χ1v) is 14.8. The number of rotatable bonds is 7. The van der Waals surface area contributed by atoms with Crippen LogP contribution in [0.25, 0.3) is 10.8 Å². The summed E-state index contributed by atoms with van der Waals surface area (Å²) in [6, 6.07) is 22.1. The van der Waals surface area contributed by atoms with Gasteiger partial charge < -0.3 is 15.1 Å². The minimum Gasteiger partial charge on any atom is -0.333 e. The highest BCUT2D eigenvalue weighted by Crippen LogP contribution is 2.37. The number of benzene rings is 3. The summed E-state index contributed by atoms with van der Waals surface area (Å²) in [5.41, 5.74) is 2.59. The molecule has 0 saturated carbocycles. The minimum absolute atomic E-state index is 0.0267. The van der Waals surface area contributed by atoms with Gasteiger partial charge in [-0.2, -0.15) is 5.01 Å². The van der Waals surface area contributed by atoms with Crippen LogP contribution in [0.4, 0.5) is 9.18 Å². The summed E-state index contributed by atoms with van der Waals surface area (Å²) >= 11 is 0. The highest BCUT2D eigenvalue weighted by atomic mass is 19.1. The van der Waals surface area contributed by atoms with E-state index in [9.17, 15) is 18.8 Å². The molecule has 2 fully saturated rings. The summed E-state index contributed by atoms with van der Waals surface area (Å²) < 4.78 is 13.5. The van der Waals surface area contributed by atoms with E-state index < -0.39 is 18.4 Å². The van der Waals surface area contributed by atoms with Crippen molar-refractivity contribution in [2.24, 2.45) is 0 Å². The molecule has 43 heavy (non-hydrogen) atoms. The fraction of sp³-hybridized carbons (Fsp3) is 0.324. The molecule has 9 heteroatoms. The smallest absolute Gasteiger partial charge is 0.332 e. The van der Waals surface area contributed by atoms with Gasteiger partial charge in [-0.05, 0) is 41.3 Å². The maximum Gasteiger partial charge on any atom is 0.332 e. The molecular formula is C34H36FN5O3. The van der Waals surface area contributed by atoms with Crippen molar-refractivity contribution in [1.82, 2.24) is 25.1 Å². The molecule has 3 aromatic rings. The van der Waals surface area contributed by atoms with Crippen LogP contribution in [0.3, 0.4) is 0 Å². The molecule has 6 rings (SSSR count). The number of nitrogens with zero attached hydrogens (tertiary/aromatic N) is 4. The topological polar surface area (TPSA) is 76.2 Å². The third-order valence-electron chi connectivity index (χ3n) is 8.36. The molecule has 2 aliphatic heterocycles. The molecule has 0 bridgehead atoms. The molecule has 3 aliphatic rings. The first kappa shape index (κ1) is 28.6. The normalized spacial score (nSPS) is 22.2. The maximum absolute atomic E-state index is 14.2. The summed E-state index contributed by atoms with van der Waals surface area (Å²) in [6.07, 6.45) is 3.71. The number of alkyl halides is 1. The molecule has 4 amide bonds.